The minimum atomic E-state index is 0.290. The molecule has 0 unspecified atom stereocenters. The smallest absolute Gasteiger partial charge is 0.142 e. The molecule has 32 heavy (non-hydrogen) atoms. The van der Waals surface area contributed by atoms with Gasteiger partial charge in [0.15, 0.2) is 0 Å². The highest BCUT2D eigenvalue weighted by atomic mass is 16.6. The largest absolute Gasteiger partial charge is 0.496 e. The van der Waals surface area contributed by atoms with E-state index in [0.29, 0.717) is 30.4 Å². The third kappa shape index (κ3) is 6.47. The van der Waals surface area contributed by atoms with Crippen LogP contribution in [-0.4, -0.2) is 32.8 Å². The summed E-state index contributed by atoms with van der Waals surface area (Å²) in [5.41, 5.74) is 3.46. The number of methoxy groups -OCH3 is 1. The second kappa shape index (κ2) is 12.0. The Morgan fingerprint density at radius 3 is 2.34 bits per heavy atom. The summed E-state index contributed by atoms with van der Waals surface area (Å²) in [6.45, 7) is 0.686. The van der Waals surface area contributed by atoms with E-state index in [-0.39, 0.29) is 0 Å². The molecule has 0 N–H and O–H groups in total. The fourth-order valence-electron chi connectivity index (χ4n) is 2.97. The number of oxime groups is 1. The number of benzene rings is 3. The van der Waals surface area contributed by atoms with E-state index in [1.807, 2.05) is 66.7 Å². The molecule has 0 fully saturated rings. The number of carbonyl (C=O) groups excluding carboxylic acids is 1. The quantitative estimate of drug-likeness (QED) is 0.187. The Kier molecular flexibility index (Phi) is 8.45. The molecule has 164 valence electrons. The fraction of sp³-hybridized carbons (Fsp3) is 0.154. The van der Waals surface area contributed by atoms with Crippen molar-refractivity contribution in [3.63, 3.8) is 0 Å². The number of hydrogen-bond acceptors (Lipinski definition) is 6. The van der Waals surface area contributed by atoms with Gasteiger partial charge in [-0.3, -0.25) is 4.79 Å². The van der Waals surface area contributed by atoms with Gasteiger partial charge < -0.3 is 19.0 Å². The molecule has 0 aliphatic heterocycles. The van der Waals surface area contributed by atoms with Crippen LogP contribution in [-0.2, 0) is 16.2 Å². The van der Waals surface area contributed by atoms with Crippen molar-refractivity contribution < 1.29 is 23.8 Å². The van der Waals surface area contributed by atoms with Gasteiger partial charge in [-0.15, -0.1) is 0 Å². The van der Waals surface area contributed by atoms with Gasteiger partial charge in [0.1, 0.15) is 49.6 Å². The number of aldehydes is 1. The zero-order valence-electron chi connectivity index (χ0n) is 18.1. The van der Waals surface area contributed by atoms with Crippen LogP contribution in [0, 0.1) is 0 Å². The molecule has 0 heterocycles. The number of nitrogens with zero attached hydrogens (tertiary/aromatic N) is 1. The van der Waals surface area contributed by atoms with Gasteiger partial charge >= 0.3 is 0 Å². The lowest BCUT2D eigenvalue weighted by Gasteiger charge is -2.11. The molecule has 0 spiro atoms. The van der Waals surface area contributed by atoms with E-state index in [9.17, 15) is 4.79 Å². The molecule has 0 aliphatic rings. The molecule has 0 atom stereocenters. The molecule has 6 nitrogen and oxygen atoms in total. The molecule has 0 amide bonds. The van der Waals surface area contributed by atoms with Gasteiger partial charge in [0, 0.05) is 17.2 Å². The van der Waals surface area contributed by atoms with E-state index in [4.69, 9.17) is 19.0 Å². The van der Waals surface area contributed by atoms with Crippen LogP contribution >= 0.6 is 0 Å². The lowest BCUT2D eigenvalue weighted by atomic mass is 10.1. The van der Waals surface area contributed by atoms with Crippen LogP contribution in [0.25, 0.3) is 6.08 Å². The third-order valence-electron chi connectivity index (χ3n) is 4.57. The van der Waals surface area contributed by atoms with Gasteiger partial charge in [-0.1, -0.05) is 47.6 Å². The van der Waals surface area contributed by atoms with Gasteiger partial charge in [0.05, 0.1) is 7.11 Å². The predicted molar refractivity (Wildman–Crippen MR) is 124 cm³/mol. The Hall–Kier alpha value is -4.06. The average Bonchev–Trinajstić information content (AvgIpc) is 2.85. The molecular weight excluding hydrogens is 406 g/mol. The van der Waals surface area contributed by atoms with Crippen molar-refractivity contribution in [2.24, 2.45) is 5.16 Å². The summed E-state index contributed by atoms with van der Waals surface area (Å²) < 4.78 is 17.1. The lowest BCUT2D eigenvalue weighted by Crippen LogP contribution is -2.13. The number of carbonyl (C=O) groups is 1. The van der Waals surface area contributed by atoms with Crippen molar-refractivity contribution in [3.8, 4) is 17.2 Å². The second-order valence-electron chi connectivity index (χ2n) is 6.71. The van der Waals surface area contributed by atoms with Crippen molar-refractivity contribution in [2.45, 2.75) is 6.61 Å². The topological polar surface area (TPSA) is 66.3 Å². The first-order valence-electron chi connectivity index (χ1n) is 10.0. The van der Waals surface area contributed by atoms with E-state index in [1.165, 1.54) is 13.2 Å². The standard InChI is InChI=1S/C26H25NO5/c1-29-26-17-24(15-12-22(26)9-6-16-28)31-18-20-10-13-23(14-11-20)32-19-25(27-30-2)21-7-4-3-5-8-21/h3-17H,18-19H2,1-2H3/b9-6+,27-25+. The van der Waals surface area contributed by atoms with Crippen LogP contribution in [0.5, 0.6) is 17.2 Å². The van der Waals surface area contributed by atoms with Crippen molar-refractivity contribution in [1.82, 2.24) is 0 Å². The van der Waals surface area contributed by atoms with E-state index in [1.54, 1.807) is 19.3 Å². The van der Waals surface area contributed by atoms with Crippen molar-refractivity contribution >= 4 is 18.1 Å². The second-order valence-corrected chi connectivity index (χ2v) is 6.71. The average molecular weight is 431 g/mol. The lowest BCUT2D eigenvalue weighted by molar-refractivity contribution is -0.104. The van der Waals surface area contributed by atoms with Crippen LogP contribution in [0.4, 0.5) is 0 Å². The van der Waals surface area contributed by atoms with Crippen molar-refractivity contribution in [2.75, 3.05) is 20.8 Å². The Morgan fingerprint density at radius 1 is 0.906 bits per heavy atom. The summed E-state index contributed by atoms with van der Waals surface area (Å²) in [5, 5.41) is 4.07. The van der Waals surface area contributed by atoms with Gasteiger partial charge in [0.2, 0.25) is 0 Å². The van der Waals surface area contributed by atoms with E-state index in [2.05, 4.69) is 5.16 Å². The zero-order valence-corrected chi connectivity index (χ0v) is 18.1. The molecule has 0 radical (unpaired) electrons. The normalized spacial score (nSPS) is 11.2. The maximum absolute atomic E-state index is 10.5. The highest BCUT2D eigenvalue weighted by Gasteiger charge is 2.07. The first-order valence-corrected chi connectivity index (χ1v) is 10.0. The predicted octanol–water partition coefficient (Wildman–Crippen LogP) is 4.92. The minimum Gasteiger partial charge on any atom is -0.496 e. The monoisotopic (exact) mass is 431 g/mol. The van der Waals surface area contributed by atoms with Crippen molar-refractivity contribution in [1.29, 1.82) is 0 Å². The summed E-state index contributed by atoms with van der Waals surface area (Å²) in [6.07, 6.45) is 3.84. The molecule has 0 saturated heterocycles. The number of ether oxygens (including phenoxy) is 3. The first kappa shape index (κ1) is 22.6. The molecule has 0 aromatic heterocycles. The Balaban J connectivity index is 1.57. The first-order chi connectivity index (χ1) is 15.7. The van der Waals surface area contributed by atoms with Gasteiger partial charge in [0.25, 0.3) is 0 Å². The third-order valence-corrected chi connectivity index (χ3v) is 4.57. The summed E-state index contributed by atoms with van der Waals surface area (Å²) in [4.78, 5) is 15.5. The Morgan fingerprint density at radius 2 is 1.66 bits per heavy atom. The number of allylic oxidation sites excluding steroid dienone is 1. The molecule has 3 aromatic rings. The molecule has 0 aliphatic carbocycles. The molecule has 6 heteroatoms. The van der Waals surface area contributed by atoms with E-state index >= 15 is 0 Å². The van der Waals surface area contributed by atoms with Crippen LogP contribution in [0.3, 0.4) is 0 Å². The highest BCUT2D eigenvalue weighted by molar-refractivity contribution is 6.01. The molecule has 0 saturated carbocycles. The maximum atomic E-state index is 10.5. The summed E-state index contributed by atoms with van der Waals surface area (Å²) in [5.74, 6) is 2.03. The van der Waals surface area contributed by atoms with E-state index < -0.39 is 0 Å². The molecular formula is C26H25NO5. The van der Waals surface area contributed by atoms with Crippen LogP contribution in [0.2, 0.25) is 0 Å². The minimum absolute atomic E-state index is 0.290. The molecule has 3 aromatic carbocycles. The fourth-order valence-corrected chi connectivity index (χ4v) is 2.97. The van der Waals surface area contributed by atoms with Gasteiger partial charge in [-0.2, -0.15) is 0 Å². The van der Waals surface area contributed by atoms with Gasteiger partial charge in [-0.05, 0) is 42.0 Å². The molecule has 3 rings (SSSR count). The summed E-state index contributed by atoms with van der Waals surface area (Å²) in [6, 6.07) is 22.9. The van der Waals surface area contributed by atoms with Crippen molar-refractivity contribution in [3.05, 3.63) is 95.6 Å². The Labute approximate surface area is 187 Å². The summed E-state index contributed by atoms with van der Waals surface area (Å²) in [7, 11) is 3.10. The number of rotatable bonds is 11. The Bertz CT molecular complexity index is 1060. The van der Waals surface area contributed by atoms with E-state index in [0.717, 1.165) is 28.7 Å². The SMILES string of the molecule is CO/N=C(\COc1ccc(COc2ccc(/C=C/C=O)c(OC)c2)cc1)c1ccccc1. The van der Waals surface area contributed by atoms with Crippen LogP contribution in [0.15, 0.2) is 84.0 Å². The summed E-state index contributed by atoms with van der Waals surface area (Å²) >= 11 is 0. The zero-order chi connectivity index (χ0) is 22.6. The van der Waals surface area contributed by atoms with Crippen LogP contribution in [0.1, 0.15) is 16.7 Å². The molecule has 0 bridgehead atoms. The number of hydrogen-bond donors (Lipinski definition) is 0. The maximum Gasteiger partial charge on any atom is 0.142 e. The highest BCUT2D eigenvalue weighted by Crippen LogP contribution is 2.26. The van der Waals surface area contributed by atoms with Gasteiger partial charge in [-0.25, -0.2) is 0 Å². The van der Waals surface area contributed by atoms with Crippen LogP contribution < -0.4 is 14.2 Å².